The van der Waals surface area contributed by atoms with Gasteiger partial charge in [-0.3, -0.25) is 4.90 Å². The molecule has 6 nitrogen and oxygen atoms in total. The third-order valence-corrected chi connectivity index (χ3v) is 4.52. The van der Waals surface area contributed by atoms with E-state index in [1.807, 2.05) is 30.3 Å². The molecule has 1 aliphatic heterocycles. The van der Waals surface area contributed by atoms with E-state index in [0.29, 0.717) is 31.2 Å². The predicted octanol–water partition coefficient (Wildman–Crippen LogP) is 3.43. The monoisotopic (exact) mass is 353 g/mol. The summed E-state index contributed by atoms with van der Waals surface area (Å²) in [6.45, 7) is 3.00. The maximum Gasteiger partial charge on any atom is 0.231 e. The van der Waals surface area contributed by atoms with Gasteiger partial charge in [-0.2, -0.15) is 4.98 Å². The second kappa shape index (κ2) is 8.29. The maximum absolute atomic E-state index is 5.79. The summed E-state index contributed by atoms with van der Waals surface area (Å²) in [6, 6.07) is 14.0. The van der Waals surface area contributed by atoms with Gasteiger partial charge < -0.3 is 13.7 Å². The Bertz CT molecular complexity index is 780. The van der Waals surface area contributed by atoms with E-state index in [1.54, 1.807) is 6.26 Å². The molecule has 0 unspecified atom stereocenters. The average Bonchev–Trinajstić information content (AvgIpc) is 3.40. The van der Waals surface area contributed by atoms with E-state index in [2.05, 4.69) is 27.2 Å². The van der Waals surface area contributed by atoms with Gasteiger partial charge in [0.15, 0.2) is 5.82 Å². The SMILES string of the molecule is c1ccc(Cc2nc(CN(Cc3ccco3)C[C@H]3CCCO3)no2)cc1. The first-order valence-electron chi connectivity index (χ1n) is 9.07. The second-order valence-corrected chi connectivity index (χ2v) is 6.65. The molecule has 136 valence electrons. The Morgan fingerprint density at radius 3 is 2.77 bits per heavy atom. The molecule has 0 spiro atoms. The first kappa shape index (κ1) is 17.0. The Kier molecular flexibility index (Phi) is 5.42. The van der Waals surface area contributed by atoms with Gasteiger partial charge in [-0.05, 0) is 30.5 Å². The summed E-state index contributed by atoms with van der Waals surface area (Å²) < 4.78 is 16.7. The number of hydrogen-bond donors (Lipinski definition) is 0. The van der Waals surface area contributed by atoms with E-state index in [9.17, 15) is 0 Å². The van der Waals surface area contributed by atoms with E-state index in [4.69, 9.17) is 13.7 Å². The molecule has 1 saturated heterocycles. The van der Waals surface area contributed by atoms with E-state index in [0.717, 1.165) is 37.3 Å². The van der Waals surface area contributed by atoms with Crippen LogP contribution in [-0.2, 0) is 24.2 Å². The third kappa shape index (κ3) is 4.59. The zero-order chi connectivity index (χ0) is 17.6. The molecule has 1 atom stereocenters. The zero-order valence-electron chi connectivity index (χ0n) is 14.7. The summed E-state index contributed by atoms with van der Waals surface area (Å²) in [6.07, 6.45) is 4.84. The van der Waals surface area contributed by atoms with Crippen molar-refractivity contribution in [2.45, 2.75) is 38.5 Å². The molecule has 26 heavy (non-hydrogen) atoms. The van der Waals surface area contributed by atoms with E-state index in [-0.39, 0.29) is 6.10 Å². The molecule has 1 aromatic carbocycles. The average molecular weight is 353 g/mol. The smallest absolute Gasteiger partial charge is 0.231 e. The number of ether oxygens (including phenoxy) is 1. The third-order valence-electron chi connectivity index (χ3n) is 4.52. The van der Waals surface area contributed by atoms with Crippen LogP contribution in [-0.4, -0.2) is 34.3 Å². The molecular weight excluding hydrogens is 330 g/mol. The highest BCUT2D eigenvalue weighted by Crippen LogP contribution is 2.17. The fourth-order valence-electron chi connectivity index (χ4n) is 3.28. The van der Waals surface area contributed by atoms with Crippen LogP contribution in [0.15, 0.2) is 57.7 Å². The van der Waals surface area contributed by atoms with Gasteiger partial charge in [0.25, 0.3) is 0 Å². The van der Waals surface area contributed by atoms with Gasteiger partial charge in [-0.15, -0.1) is 0 Å². The molecule has 3 aromatic rings. The van der Waals surface area contributed by atoms with Crippen molar-refractivity contribution in [3.8, 4) is 0 Å². The lowest BCUT2D eigenvalue weighted by Gasteiger charge is -2.22. The van der Waals surface area contributed by atoms with Crippen LogP contribution in [0.5, 0.6) is 0 Å². The topological polar surface area (TPSA) is 64.5 Å². The largest absolute Gasteiger partial charge is 0.468 e. The summed E-state index contributed by atoms with van der Waals surface area (Å²) in [4.78, 5) is 6.81. The lowest BCUT2D eigenvalue weighted by Crippen LogP contribution is -2.31. The van der Waals surface area contributed by atoms with Crippen molar-refractivity contribution in [1.82, 2.24) is 15.0 Å². The summed E-state index contributed by atoms with van der Waals surface area (Å²) >= 11 is 0. The first-order chi connectivity index (χ1) is 12.8. The Morgan fingerprint density at radius 1 is 1.08 bits per heavy atom. The van der Waals surface area contributed by atoms with Gasteiger partial charge in [0.2, 0.25) is 5.89 Å². The van der Waals surface area contributed by atoms with E-state index < -0.39 is 0 Å². The van der Waals surface area contributed by atoms with Crippen molar-refractivity contribution < 1.29 is 13.7 Å². The highest BCUT2D eigenvalue weighted by atomic mass is 16.5. The minimum absolute atomic E-state index is 0.264. The highest BCUT2D eigenvalue weighted by Gasteiger charge is 2.21. The van der Waals surface area contributed by atoms with E-state index >= 15 is 0 Å². The van der Waals surface area contributed by atoms with Gasteiger partial charge in [-0.25, -0.2) is 0 Å². The molecule has 3 heterocycles. The molecule has 1 fully saturated rings. The van der Waals surface area contributed by atoms with Crippen LogP contribution in [0.3, 0.4) is 0 Å². The fraction of sp³-hybridized carbons (Fsp3) is 0.400. The number of hydrogen-bond acceptors (Lipinski definition) is 6. The van der Waals surface area contributed by atoms with Gasteiger partial charge in [0.05, 0.1) is 31.9 Å². The number of furan rings is 1. The Morgan fingerprint density at radius 2 is 2.00 bits per heavy atom. The molecule has 0 aliphatic carbocycles. The number of rotatable bonds is 8. The fourth-order valence-corrected chi connectivity index (χ4v) is 3.28. The van der Waals surface area contributed by atoms with Crippen molar-refractivity contribution >= 4 is 0 Å². The van der Waals surface area contributed by atoms with Crippen LogP contribution in [0.2, 0.25) is 0 Å². The molecule has 2 aromatic heterocycles. The normalized spacial score (nSPS) is 17.2. The van der Waals surface area contributed by atoms with Crippen LogP contribution < -0.4 is 0 Å². The predicted molar refractivity (Wildman–Crippen MR) is 95.3 cm³/mol. The van der Waals surface area contributed by atoms with E-state index in [1.165, 1.54) is 0 Å². The van der Waals surface area contributed by atoms with Gasteiger partial charge in [0, 0.05) is 13.2 Å². The quantitative estimate of drug-likeness (QED) is 0.618. The van der Waals surface area contributed by atoms with Crippen molar-refractivity contribution in [2.24, 2.45) is 0 Å². The van der Waals surface area contributed by atoms with Gasteiger partial charge in [0.1, 0.15) is 5.76 Å². The van der Waals surface area contributed by atoms with Crippen molar-refractivity contribution in [3.05, 3.63) is 71.8 Å². The van der Waals surface area contributed by atoms with Crippen molar-refractivity contribution in [3.63, 3.8) is 0 Å². The van der Waals surface area contributed by atoms with Crippen molar-refractivity contribution in [1.29, 1.82) is 0 Å². The standard InChI is InChI=1S/C20H23N3O3/c1-2-6-16(7-3-1)12-20-21-19(22-26-20)15-23(13-17-8-4-10-24-17)14-18-9-5-11-25-18/h1-4,6-8,10,18H,5,9,11-15H2/t18-/m1/s1. The molecule has 4 rings (SSSR count). The minimum Gasteiger partial charge on any atom is -0.468 e. The molecule has 0 bridgehead atoms. The van der Waals surface area contributed by atoms with Crippen LogP contribution in [0.1, 0.15) is 35.9 Å². The zero-order valence-corrected chi connectivity index (χ0v) is 14.7. The molecule has 0 amide bonds. The lowest BCUT2D eigenvalue weighted by atomic mass is 10.1. The Balaban J connectivity index is 1.41. The molecule has 1 aliphatic rings. The first-order valence-corrected chi connectivity index (χ1v) is 9.07. The summed E-state index contributed by atoms with van der Waals surface area (Å²) in [7, 11) is 0. The lowest BCUT2D eigenvalue weighted by molar-refractivity contribution is 0.0643. The summed E-state index contributed by atoms with van der Waals surface area (Å²) in [5, 5.41) is 4.16. The second-order valence-electron chi connectivity index (χ2n) is 6.65. The summed E-state index contributed by atoms with van der Waals surface area (Å²) in [5.41, 5.74) is 1.16. The van der Waals surface area contributed by atoms with Gasteiger partial charge >= 0.3 is 0 Å². The summed E-state index contributed by atoms with van der Waals surface area (Å²) in [5.74, 6) is 2.26. The van der Waals surface area contributed by atoms with Crippen molar-refractivity contribution in [2.75, 3.05) is 13.2 Å². The Labute approximate surface area is 152 Å². The number of nitrogens with zero attached hydrogens (tertiary/aromatic N) is 3. The molecule has 0 saturated carbocycles. The van der Waals surface area contributed by atoms with Crippen LogP contribution in [0.4, 0.5) is 0 Å². The number of aromatic nitrogens is 2. The Hall–Kier alpha value is -2.44. The minimum atomic E-state index is 0.264. The van der Waals surface area contributed by atoms with Gasteiger partial charge in [-0.1, -0.05) is 35.5 Å². The maximum atomic E-state index is 5.79. The molecular formula is C20H23N3O3. The molecule has 6 heteroatoms. The van der Waals surface area contributed by atoms with Crippen LogP contribution in [0.25, 0.3) is 0 Å². The van der Waals surface area contributed by atoms with Crippen LogP contribution >= 0.6 is 0 Å². The molecule has 0 radical (unpaired) electrons. The number of benzene rings is 1. The highest BCUT2D eigenvalue weighted by molar-refractivity contribution is 5.17. The molecule has 0 N–H and O–H groups in total. The van der Waals surface area contributed by atoms with Crippen LogP contribution in [0, 0.1) is 0 Å².